The van der Waals surface area contributed by atoms with Crippen molar-refractivity contribution in [2.45, 2.75) is 255 Å². The first-order valence-electron chi connectivity index (χ1n) is 43.0. The number of aliphatic hydroxyl groups excluding tert-OH is 2. The summed E-state index contributed by atoms with van der Waals surface area (Å²) in [6.45, 7) is 7.61. The standard InChI is InChI=1S/C13H18N2O6.C10H21N5O5.C10H21N3O5.C10H19NO4.C9H18N2O5S.C8H14N2O7.C8H16N2O6.C8H17NO3/c14-12(9-10-3-5-11(16)6-4-10)13(17)20-7-1-2-8-21-15(18)19;11-8(4-3-5-14-10(12)13)9(16)19-6-1-2-7-20-15(17)18;11-6-2-1-5-9(12)10(14)17-7-3-4-8-18-13(15)16;1-2-3-4-7-15-10(14)8(11)5-6-9(12)13;1-17-7-4-8(10)9(12)15-5-2-3-6-16-11(13)14;9-6(5-7(11)12)8(13)16-3-1-2-4-17-10(14)15;1-6(11)7(9)8(12)15-4-2-3-5-16-10(13)14;1-2-3-4-5-12-8(11)7(9)6-10/h3-6,12,16H,1-2,7-9,14H2;8H,1-7,11H2,(H4,12,13,14);9H,1-8,11-12H2;8H,2-7,11H2,1H3,(H,12,13);8H,2-7,10H2,1H3;6H,1-5,9H2,(H,11,12);6-7,11H,2-5,9H2,1H3;7,10H,2-6,9H2,1H3. The number of esters is 8. The van der Waals surface area contributed by atoms with E-state index in [1.54, 1.807) is 23.9 Å². The summed E-state index contributed by atoms with van der Waals surface area (Å²) in [5.74, 6) is -5.61. The van der Waals surface area contributed by atoms with E-state index in [1.807, 2.05) is 6.26 Å². The minimum absolute atomic E-state index is 0.00177. The fourth-order valence-corrected chi connectivity index (χ4v) is 9.02. The first kappa shape index (κ1) is 137. The number of aliphatic carboxylic acids is 2. The number of hydrogen-bond acceptors (Lipinski definition) is 50. The van der Waals surface area contributed by atoms with Crippen LogP contribution in [0.1, 0.15) is 200 Å². The average molecular weight is 2000 g/mol. The highest BCUT2D eigenvalue weighted by atomic mass is 32.2. The highest BCUT2D eigenvalue weighted by molar-refractivity contribution is 7.98. The van der Waals surface area contributed by atoms with E-state index >= 15 is 0 Å². The number of aliphatic hydroxyl groups is 2. The fraction of sp³-hybridized carbons (Fsp3) is 0.776. The molecule has 1 rings (SSSR count). The van der Waals surface area contributed by atoms with Gasteiger partial charge in [0.1, 0.15) is 54.1 Å². The molecule has 0 saturated carbocycles. The van der Waals surface area contributed by atoms with Crippen LogP contribution in [-0.2, 0) is 121 Å². The van der Waals surface area contributed by atoms with Crippen molar-refractivity contribution in [1.29, 1.82) is 0 Å². The number of guanidine groups is 1. The summed E-state index contributed by atoms with van der Waals surface area (Å²) in [5, 5.41) is 97.0. The number of phenolic OH excluding ortho intramolecular Hbond substituents is 1. The van der Waals surface area contributed by atoms with Crippen LogP contribution in [0.3, 0.4) is 0 Å². The molecule has 0 aliphatic rings. The molecule has 27 N–H and O–H groups in total. The second-order valence-electron chi connectivity index (χ2n) is 27.9. The van der Waals surface area contributed by atoms with Gasteiger partial charge in [-0.25, -0.2) is 0 Å². The predicted octanol–water partition coefficient (Wildman–Crippen LogP) is -0.237. The minimum Gasteiger partial charge on any atom is -0.508 e. The Balaban J connectivity index is -0.000000281. The number of benzene rings is 1. The lowest BCUT2D eigenvalue weighted by Crippen LogP contribution is -2.41. The molecule has 0 aliphatic heterocycles. The minimum atomic E-state index is -1.19. The van der Waals surface area contributed by atoms with Gasteiger partial charge in [0.2, 0.25) is 0 Å². The van der Waals surface area contributed by atoms with E-state index in [-0.39, 0.29) is 110 Å². The zero-order chi connectivity index (χ0) is 105. The van der Waals surface area contributed by atoms with Gasteiger partial charge in [-0.3, -0.25) is 52.9 Å². The van der Waals surface area contributed by atoms with Crippen LogP contribution < -0.4 is 63.1 Å². The van der Waals surface area contributed by atoms with Crippen molar-refractivity contribution >= 4 is 77.4 Å². The van der Waals surface area contributed by atoms with Crippen LogP contribution in [0.15, 0.2) is 29.3 Å². The Hall–Kier alpha value is -11.9. The van der Waals surface area contributed by atoms with Gasteiger partial charge in [-0.15, -0.1) is 60.7 Å². The maximum absolute atomic E-state index is 11.6. The molecule has 790 valence electrons. The smallest absolute Gasteiger partial charge is 0.325 e. The van der Waals surface area contributed by atoms with Crippen molar-refractivity contribution in [3.63, 3.8) is 0 Å². The Labute approximate surface area is 789 Å². The SMILES string of the molecule is CC(O)C(N)C(=O)OCCCCO[N+](=O)[O-].CCCCCOC(=O)C(N)CCC(=O)O.CCCCCOC(=O)C(N)CO.CSCCC(N)C(=O)OCCCCO[N+](=O)[O-].NC(CC(=O)O)C(=O)OCCCCO[N+](=O)[O-].NC(Cc1ccc(O)cc1)C(=O)OCCCCO[N+](=O)[O-].NC(N)=NCCCC(N)C(=O)OCCCCO[N+](=O)[O-].NCCCCC(N)C(=O)OCCCCO[N+](=O)[O-]. The molecule has 0 heterocycles. The van der Waals surface area contributed by atoms with Gasteiger partial charge in [0, 0.05) is 13.0 Å². The molecule has 136 heavy (non-hydrogen) atoms. The normalized spacial score (nSPS) is 12.1. The van der Waals surface area contributed by atoms with E-state index in [0.29, 0.717) is 135 Å². The number of ether oxygens (including phenoxy) is 8. The Morgan fingerprint density at radius 1 is 0.382 bits per heavy atom. The van der Waals surface area contributed by atoms with Gasteiger partial charge >= 0.3 is 59.7 Å². The van der Waals surface area contributed by atoms with Crippen LogP contribution in [-0.4, -0.2) is 300 Å². The van der Waals surface area contributed by atoms with Gasteiger partial charge in [0.05, 0.1) is 112 Å². The number of carbonyl (C=O) groups is 10. The number of hydrogen-bond donors (Lipinski definition) is 16. The van der Waals surface area contributed by atoms with Crippen molar-refractivity contribution in [1.82, 2.24) is 0 Å². The molecule has 59 nitrogen and oxygen atoms in total. The van der Waals surface area contributed by atoms with Crippen LogP contribution in [0.5, 0.6) is 5.75 Å². The summed E-state index contributed by atoms with van der Waals surface area (Å²) in [7, 11) is 0. The fourth-order valence-electron chi connectivity index (χ4n) is 8.53. The molecule has 9 unspecified atom stereocenters. The zero-order valence-corrected chi connectivity index (χ0v) is 78.2. The number of nitrogens with zero attached hydrogens (tertiary/aromatic N) is 7. The lowest BCUT2D eigenvalue weighted by atomic mass is 10.1. The van der Waals surface area contributed by atoms with Crippen molar-refractivity contribution in [2.24, 2.45) is 68.1 Å². The number of phenols is 1. The number of thioether (sulfide) groups is 1. The third-order valence-corrected chi connectivity index (χ3v) is 16.6. The number of aromatic hydroxyl groups is 1. The third-order valence-electron chi connectivity index (χ3n) is 16.0. The molecule has 1 aromatic carbocycles. The molecule has 0 amide bonds. The summed E-state index contributed by atoms with van der Waals surface area (Å²) in [6.07, 6.45) is 15.7. The molecule has 0 bridgehead atoms. The second kappa shape index (κ2) is 96.2. The van der Waals surface area contributed by atoms with Crippen LogP contribution in [0, 0.1) is 60.7 Å². The molecule has 0 fully saturated rings. The highest BCUT2D eigenvalue weighted by Crippen LogP contribution is 2.13. The van der Waals surface area contributed by atoms with E-state index in [4.69, 9.17) is 122 Å². The Bertz CT molecular complexity index is 3390. The molecule has 0 aromatic heterocycles. The third kappa shape index (κ3) is 104. The van der Waals surface area contributed by atoms with Gasteiger partial charge in [0.25, 0.3) is 30.5 Å². The summed E-state index contributed by atoms with van der Waals surface area (Å²) >= 11 is 1.62. The Morgan fingerprint density at radius 2 is 0.662 bits per heavy atom. The van der Waals surface area contributed by atoms with Gasteiger partial charge < -0.3 is 156 Å². The summed E-state index contributed by atoms with van der Waals surface area (Å²) < 4.78 is 38.7. The number of carboxylic acid groups (broad SMARTS) is 2. The van der Waals surface area contributed by atoms with E-state index in [2.05, 4.69) is 52.6 Å². The van der Waals surface area contributed by atoms with Crippen LogP contribution >= 0.6 is 11.8 Å². The topological polar surface area (TPSA) is 958 Å². The highest BCUT2D eigenvalue weighted by Gasteiger charge is 2.23. The van der Waals surface area contributed by atoms with E-state index in [1.165, 1.54) is 19.1 Å². The van der Waals surface area contributed by atoms with Gasteiger partial charge in [-0.05, 0) is 178 Å². The summed E-state index contributed by atoms with van der Waals surface area (Å²) in [5.41, 5.74) is 60.1. The molecule has 9 atom stereocenters. The zero-order valence-electron chi connectivity index (χ0n) is 77.4. The average Bonchev–Trinajstić information content (AvgIpc) is 0.898. The molecule has 0 radical (unpaired) electrons. The lowest BCUT2D eigenvalue weighted by Gasteiger charge is -2.13. The molecular weight excluding hydrogens is 1850 g/mol. The van der Waals surface area contributed by atoms with Crippen molar-refractivity contribution in [2.75, 3.05) is 124 Å². The largest absolute Gasteiger partial charge is 0.508 e. The lowest BCUT2D eigenvalue weighted by molar-refractivity contribution is -0.757. The number of unbranched alkanes of at least 4 members (excludes halogenated alkanes) is 11. The molecule has 1 aromatic rings. The Morgan fingerprint density at radius 3 is 0.941 bits per heavy atom. The number of carbonyl (C=O) groups excluding carboxylic acids is 8. The second-order valence-corrected chi connectivity index (χ2v) is 28.9. The molecular formula is C76H144N18O41S. The van der Waals surface area contributed by atoms with Gasteiger partial charge in [0.15, 0.2) is 5.96 Å². The summed E-state index contributed by atoms with van der Waals surface area (Å²) in [4.78, 5) is 197. The Kier molecular flexibility index (Phi) is 97.0. The van der Waals surface area contributed by atoms with Crippen molar-refractivity contribution in [3.05, 3.63) is 90.5 Å². The maximum atomic E-state index is 11.6. The number of rotatable bonds is 72. The van der Waals surface area contributed by atoms with Crippen LogP contribution in [0.4, 0.5) is 0 Å². The van der Waals surface area contributed by atoms with Gasteiger partial charge in [-0.2, -0.15) is 11.8 Å². The number of carboxylic acids is 2. The maximum Gasteiger partial charge on any atom is 0.325 e. The van der Waals surface area contributed by atoms with Crippen molar-refractivity contribution < 1.29 is 171 Å². The quantitative estimate of drug-likeness (QED) is 0.00761. The first-order chi connectivity index (χ1) is 64.2. The summed E-state index contributed by atoms with van der Waals surface area (Å²) in [6, 6.07) is -0.278. The number of aliphatic imine (C=N–C) groups is 1. The molecule has 0 aliphatic carbocycles. The van der Waals surface area contributed by atoms with Crippen LogP contribution in [0.2, 0.25) is 0 Å². The molecule has 0 saturated heterocycles. The van der Waals surface area contributed by atoms with Crippen molar-refractivity contribution in [3.8, 4) is 5.75 Å². The van der Waals surface area contributed by atoms with Gasteiger partial charge in [-0.1, -0.05) is 58.1 Å². The number of nitrogens with two attached hydrogens (primary N) is 11. The monoisotopic (exact) mass is 2000 g/mol. The van der Waals surface area contributed by atoms with E-state index < -0.39 is 151 Å². The van der Waals surface area contributed by atoms with Crippen LogP contribution in [0.25, 0.3) is 0 Å². The molecule has 0 spiro atoms. The predicted molar refractivity (Wildman–Crippen MR) is 479 cm³/mol. The molecule has 60 heteroatoms. The first-order valence-corrected chi connectivity index (χ1v) is 44.4. The van der Waals surface area contributed by atoms with E-state index in [0.717, 1.165) is 62.7 Å². The van der Waals surface area contributed by atoms with E-state index in [9.17, 15) is 109 Å².